The van der Waals surface area contributed by atoms with Gasteiger partial charge in [-0.1, -0.05) is 23.4 Å². The average molecular weight is 257 g/mol. The maximum Gasteiger partial charge on any atom is 0.243 e. The Hall–Kier alpha value is -1.68. The van der Waals surface area contributed by atoms with E-state index in [2.05, 4.69) is 47.5 Å². The highest BCUT2D eigenvalue weighted by atomic mass is 16.5. The fourth-order valence-corrected chi connectivity index (χ4v) is 2.47. The molecule has 0 aliphatic carbocycles. The average Bonchev–Trinajstić information content (AvgIpc) is 3.04. The van der Waals surface area contributed by atoms with Gasteiger partial charge in [0.15, 0.2) is 5.82 Å². The van der Waals surface area contributed by atoms with Crippen LogP contribution in [0.2, 0.25) is 0 Å². The minimum Gasteiger partial charge on any atom is -0.338 e. The molecule has 1 N–H and O–H groups in total. The molecule has 1 aliphatic heterocycles. The maximum atomic E-state index is 5.35. The van der Waals surface area contributed by atoms with Crippen molar-refractivity contribution < 1.29 is 4.52 Å². The summed E-state index contributed by atoms with van der Waals surface area (Å²) < 4.78 is 5.35. The summed E-state index contributed by atoms with van der Waals surface area (Å²) in [5.74, 6) is 1.50. The van der Waals surface area contributed by atoms with Gasteiger partial charge in [-0.05, 0) is 49.9 Å². The molecule has 0 amide bonds. The van der Waals surface area contributed by atoms with E-state index in [-0.39, 0.29) is 6.04 Å². The van der Waals surface area contributed by atoms with E-state index in [0.717, 1.165) is 31.1 Å². The van der Waals surface area contributed by atoms with Gasteiger partial charge in [0, 0.05) is 6.42 Å². The number of benzene rings is 1. The number of nitrogens with zero attached hydrogens (tertiary/aromatic N) is 2. The molecule has 0 unspecified atom stereocenters. The summed E-state index contributed by atoms with van der Waals surface area (Å²) in [7, 11) is 0. The summed E-state index contributed by atoms with van der Waals surface area (Å²) in [5.41, 5.74) is 3.85. The van der Waals surface area contributed by atoms with Gasteiger partial charge in [0.2, 0.25) is 5.89 Å². The van der Waals surface area contributed by atoms with E-state index < -0.39 is 0 Å². The zero-order chi connectivity index (χ0) is 13.2. The van der Waals surface area contributed by atoms with Gasteiger partial charge in [-0.25, -0.2) is 0 Å². The first-order chi connectivity index (χ1) is 9.22. The van der Waals surface area contributed by atoms with Crippen LogP contribution in [0.5, 0.6) is 0 Å². The van der Waals surface area contributed by atoms with E-state index >= 15 is 0 Å². The lowest BCUT2D eigenvalue weighted by atomic mass is 10.0. The molecule has 0 bridgehead atoms. The van der Waals surface area contributed by atoms with Gasteiger partial charge < -0.3 is 9.84 Å². The third-order valence-electron chi connectivity index (χ3n) is 3.78. The predicted octanol–water partition coefficient (Wildman–Crippen LogP) is 2.70. The van der Waals surface area contributed by atoms with Crippen molar-refractivity contribution in [3.8, 4) is 0 Å². The molecule has 3 rings (SSSR count). The van der Waals surface area contributed by atoms with Crippen LogP contribution in [0.15, 0.2) is 22.7 Å². The van der Waals surface area contributed by atoms with Gasteiger partial charge in [0.1, 0.15) is 0 Å². The summed E-state index contributed by atoms with van der Waals surface area (Å²) in [5, 5.41) is 7.45. The molecule has 0 saturated carbocycles. The molecule has 1 saturated heterocycles. The molecule has 1 atom stereocenters. The standard InChI is InChI=1S/C15H19N3O/c1-10-5-6-12(8-11(10)2)9-14-17-15(19-18-14)13-4-3-7-16-13/h5-6,8,13,16H,3-4,7,9H2,1-2H3/t13-/m0/s1. The number of aromatic nitrogens is 2. The van der Waals surface area contributed by atoms with Crippen molar-refractivity contribution >= 4 is 0 Å². The number of hydrogen-bond donors (Lipinski definition) is 1. The van der Waals surface area contributed by atoms with Crippen LogP contribution in [0, 0.1) is 13.8 Å². The number of nitrogens with one attached hydrogen (secondary N) is 1. The van der Waals surface area contributed by atoms with Crippen LogP contribution < -0.4 is 5.32 Å². The van der Waals surface area contributed by atoms with Crippen LogP contribution >= 0.6 is 0 Å². The van der Waals surface area contributed by atoms with Crippen LogP contribution in [0.25, 0.3) is 0 Å². The van der Waals surface area contributed by atoms with E-state index in [4.69, 9.17) is 4.52 Å². The Bertz CT molecular complexity index is 571. The normalized spacial score (nSPS) is 18.9. The van der Waals surface area contributed by atoms with E-state index in [0.29, 0.717) is 0 Å². The highest BCUT2D eigenvalue weighted by Crippen LogP contribution is 2.21. The Kier molecular flexibility index (Phi) is 3.34. The summed E-state index contributed by atoms with van der Waals surface area (Å²) >= 11 is 0. The molecular weight excluding hydrogens is 238 g/mol. The van der Waals surface area contributed by atoms with Gasteiger partial charge in [-0.3, -0.25) is 0 Å². The molecule has 1 fully saturated rings. The van der Waals surface area contributed by atoms with Crippen molar-refractivity contribution in [1.82, 2.24) is 15.5 Å². The first kappa shape index (κ1) is 12.4. The lowest BCUT2D eigenvalue weighted by molar-refractivity contribution is 0.341. The van der Waals surface area contributed by atoms with Gasteiger partial charge >= 0.3 is 0 Å². The lowest BCUT2D eigenvalue weighted by Crippen LogP contribution is -2.13. The van der Waals surface area contributed by atoms with Crippen LogP contribution in [-0.2, 0) is 6.42 Å². The van der Waals surface area contributed by atoms with Crippen molar-refractivity contribution in [2.45, 2.75) is 39.2 Å². The Labute approximate surface area is 113 Å². The Morgan fingerprint density at radius 3 is 2.95 bits per heavy atom. The smallest absolute Gasteiger partial charge is 0.243 e. The topological polar surface area (TPSA) is 51.0 Å². The van der Waals surface area contributed by atoms with Crippen molar-refractivity contribution in [3.63, 3.8) is 0 Å². The first-order valence-electron chi connectivity index (χ1n) is 6.84. The molecule has 2 heterocycles. The second-order valence-electron chi connectivity index (χ2n) is 5.29. The monoisotopic (exact) mass is 257 g/mol. The first-order valence-corrected chi connectivity index (χ1v) is 6.84. The van der Waals surface area contributed by atoms with Crippen LogP contribution in [0.4, 0.5) is 0 Å². The second kappa shape index (κ2) is 5.13. The highest BCUT2D eigenvalue weighted by Gasteiger charge is 2.22. The Morgan fingerprint density at radius 2 is 2.21 bits per heavy atom. The van der Waals surface area contributed by atoms with Crippen LogP contribution in [-0.4, -0.2) is 16.7 Å². The fraction of sp³-hybridized carbons (Fsp3) is 0.467. The van der Waals surface area contributed by atoms with Crippen LogP contribution in [0.1, 0.15) is 47.3 Å². The third-order valence-corrected chi connectivity index (χ3v) is 3.78. The molecule has 1 aromatic carbocycles. The highest BCUT2D eigenvalue weighted by molar-refractivity contribution is 5.31. The van der Waals surface area contributed by atoms with Crippen molar-refractivity contribution in [2.24, 2.45) is 0 Å². The molecule has 0 radical (unpaired) electrons. The van der Waals surface area contributed by atoms with Gasteiger partial charge in [0.25, 0.3) is 0 Å². The molecule has 4 nitrogen and oxygen atoms in total. The molecule has 2 aromatic rings. The zero-order valence-corrected chi connectivity index (χ0v) is 11.4. The molecule has 4 heteroatoms. The van der Waals surface area contributed by atoms with E-state index in [1.807, 2.05) is 0 Å². The van der Waals surface area contributed by atoms with Gasteiger partial charge in [0.05, 0.1) is 6.04 Å². The number of aryl methyl sites for hydroxylation is 2. The summed E-state index contributed by atoms with van der Waals surface area (Å²) in [6.45, 7) is 5.29. The summed E-state index contributed by atoms with van der Waals surface area (Å²) in [6, 6.07) is 6.72. The zero-order valence-electron chi connectivity index (χ0n) is 11.4. The van der Waals surface area contributed by atoms with E-state index in [1.54, 1.807) is 0 Å². The maximum absolute atomic E-state index is 5.35. The largest absolute Gasteiger partial charge is 0.338 e. The Morgan fingerprint density at radius 1 is 1.32 bits per heavy atom. The van der Waals surface area contributed by atoms with Crippen molar-refractivity contribution in [3.05, 3.63) is 46.6 Å². The van der Waals surface area contributed by atoms with Crippen molar-refractivity contribution in [2.75, 3.05) is 6.54 Å². The minimum absolute atomic E-state index is 0.251. The quantitative estimate of drug-likeness (QED) is 0.918. The second-order valence-corrected chi connectivity index (χ2v) is 5.29. The Balaban J connectivity index is 1.74. The fourth-order valence-electron chi connectivity index (χ4n) is 2.47. The van der Waals surface area contributed by atoms with E-state index in [9.17, 15) is 0 Å². The number of rotatable bonds is 3. The minimum atomic E-state index is 0.251. The van der Waals surface area contributed by atoms with E-state index in [1.165, 1.54) is 23.1 Å². The van der Waals surface area contributed by atoms with Crippen molar-refractivity contribution in [1.29, 1.82) is 0 Å². The third kappa shape index (κ3) is 2.68. The van der Waals surface area contributed by atoms with Gasteiger partial charge in [-0.15, -0.1) is 0 Å². The molecule has 100 valence electrons. The molecular formula is C15H19N3O. The van der Waals surface area contributed by atoms with Gasteiger partial charge in [-0.2, -0.15) is 4.98 Å². The predicted molar refractivity (Wildman–Crippen MR) is 73.0 cm³/mol. The number of hydrogen-bond acceptors (Lipinski definition) is 4. The molecule has 0 spiro atoms. The summed E-state index contributed by atoms with van der Waals surface area (Å²) in [6.07, 6.45) is 3.00. The molecule has 19 heavy (non-hydrogen) atoms. The summed E-state index contributed by atoms with van der Waals surface area (Å²) in [4.78, 5) is 4.50. The lowest BCUT2D eigenvalue weighted by Gasteiger charge is -2.03. The molecule has 1 aromatic heterocycles. The van der Waals surface area contributed by atoms with Crippen LogP contribution in [0.3, 0.4) is 0 Å². The molecule has 1 aliphatic rings. The SMILES string of the molecule is Cc1ccc(Cc2noc([C@@H]3CCCN3)n2)cc1C.